The molecule has 0 bridgehead atoms. The molecule has 0 radical (unpaired) electrons. The van der Waals surface area contributed by atoms with Gasteiger partial charge < -0.3 is 23.7 Å². The van der Waals surface area contributed by atoms with Crippen LogP contribution in [0.5, 0.6) is 0 Å². The van der Waals surface area contributed by atoms with E-state index in [1.165, 1.54) is 96.3 Å². The van der Waals surface area contributed by atoms with Gasteiger partial charge >= 0.3 is 5.97 Å². The minimum absolute atomic E-state index is 0.135. The number of hydrogen-bond acceptors (Lipinski definition) is 6. The van der Waals surface area contributed by atoms with E-state index in [4.69, 9.17) is 23.7 Å². The van der Waals surface area contributed by atoms with Crippen LogP contribution in [-0.2, 0) is 28.5 Å². The van der Waals surface area contributed by atoms with Gasteiger partial charge in [-0.25, -0.2) is 0 Å². The van der Waals surface area contributed by atoms with E-state index in [0.717, 1.165) is 32.3 Å². The lowest BCUT2D eigenvalue weighted by Crippen LogP contribution is -2.14. The third kappa shape index (κ3) is 33.3. The molecule has 0 atom stereocenters. The van der Waals surface area contributed by atoms with Gasteiger partial charge in [0.05, 0.1) is 46.2 Å². The molecule has 0 aromatic carbocycles. The van der Waals surface area contributed by atoms with E-state index in [1.54, 1.807) is 0 Å². The zero-order valence-corrected chi connectivity index (χ0v) is 25.5. The summed E-state index contributed by atoms with van der Waals surface area (Å²) >= 11 is 0. The predicted octanol–water partition coefficient (Wildman–Crippen LogP) is 8.44. The number of unbranched alkanes of at least 4 members (excludes halogenated alkanes) is 17. The Kier molecular flexibility index (Phi) is 33.7. The van der Waals surface area contributed by atoms with Crippen LogP contribution >= 0.6 is 0 Å². The van der Waals surface area contributed by atoms with Gasteiger partial charge in [-0.1, -0.05) is 123 Å². The maximum atomic E-state index is 11.4. The zero-order valence-electron chi connectivity index (χ0n) is 25.5. The topological polar surface area (TPSA) is 63.2 Å². The van der Waals surface area contributed by atoms with Gasteiger partial charge in [0.15, 0.2) is 0 Å². The molecule has 6 heteroatoms. The van der Waals surface area contributed by atoms with Crippen molar-refractivity contribution in [1.82, 2.24) is 0 Å². The van der Waals surface area contributed by atoms with Gasteiger partial charge in [0.1, 0.15) is 6.61 Å². The van der Waals surface area contributed by atoms with Crippen LogP contribution in [0, 0.1) is 0 Å². The second-order valence-electron chi connectivity index (χ2n) is 10.4. The first-order chi connectivity index (χ1) is 18.8. The lowest BCUT2D eigenvalue weighted by atomic mass is 10.0. The highest BCUT2D eigenvalue weighted by Gasteiger charge is 2.02. The largest absolute Gasteiger partial charge is 0.463 e. The lowest BCUT2D eigenvalue weighted by Gasteiger charge is -2.08. The summed E-state index contributed by atoms with van der Waals surface area (Å²) in [6.07, 6.45) is 25.8. The van der Waals surface area contributed by atoms with Crippen LogP contribution in [-0.4, -0.2) is 65.4 Å². The third-order valence-electron chi connectivity index (χ3n) is 6.73. The molecule has 0 heterocycles. The molecule has 38 heavy (non-hydrogen) atoms. The molecule has 0 saturated heterocycles. The van der Waals surface area contributed by atoms with Gasteiger partial charge in [-0.3, -0.25) is 4.79 Å². The van der Waals surface area contributed by atoms with Crippen LogP contribution in [0.1, 0.15) is 142 Å². The van der Waals surface area contributed by atoms with Crippen LogP contribution in [0.3, 0.4) is 0 Å². The monoisotopic (exact) mass is 544 g/mol. The minimum atomic E-state index is -0.135. The quantitative estimate of drug-likeness (QED) is 0.0610. The van der Waals surface area contributed by atoms with E-state index in [-0.39, 0.29) is 5.97 Å². The Bertz CT molecular complexity index is 446. The maximum absolute atomic E-state index is 11.4. The fourth-order valence-corrected chi connectivity index (χ4v) is 4.32. The molecule has 0 aromatic rings. The van der Waals surface area contributed by atoms with Crippen molar-refractivity contribution in [2.45, 2.75) is 142 Å². The summed E-state index contributed by atoms with van der Waals surface area (Å²) in [6.45, 7) is 9.36. The summed E-state index contributed by atoms with van der Waals surface area (Å²) in [6, 6.07) is 0. The predicted molar refractivity (Wildman–Crippen MR) is 158 cm³/mol. The van der Waals surface area contributed by atoms with Crippen LogP contribution in [0.25, 0.3) is 0 Å². The summed E-state index contributed by atoms with van der Waals surface area (Å²) < 4.78 is 27.2. The summed E-state index contributed by atoms with van der Waals surface area (Å²) in [5.74, 6) is -0.135. The van der Waals surface area contributed by atoms with E-state index in [1.807, 2.05) is 0 Å². The average Bonchev–Trinajstić information content (AvgIpc) is 2.92. The van der Waals surface area contributed by atoms with Crippen molar-refractivity contribution in [2.75, 3.05) is 59.5 Å². The fraction of sp³-hybridized carbons (Fsp3) is 0.969. The molecule has 0 aliphatic heterocycles. The molecule has 0 N–H and O–H groups in total. The molecule has 0 amide bonds. The second-order valence-corrected chi connectivity index (χ2v) is 10.4. The number of carbonyl (C=O) groups excluding carboxylic acids is 1. The molecular formula is C32H64O6. The number of esters is 1. The zero-order chi connectivity index (χ0) is 27.6. The van der Waals surface area contributed by atoms with Crippen molar-refractivity contribution in [2.24, 2.45) is 0 Å². The molecule has 0 saturated carbocycles. The van der Waals surface area contributed by atoms with Gasteiger partial charge in [0, 0.05) is 13.0 Å². The van der Waals surface area contributed by atoms with Gasteiger partial charge in [-0.05, 0) is 12.8 Å². The molecule has 0 rings (SSSR count). The molecule has 0 unspecified atom stereocenters. The molecule has 0 fully saturated rings. The highest BCUT2D eigenvalue weighted by Crippen LogP contribution is 2.13. The van der Waals surface area contributed by atoms with Crippen molar-refractivity contribution in [3.05, 3.63) is 0 Å². The molecule has 0 aliphatic carbocycles. The molecule has 228 valence electrons. The average molecular weight is 545 g/mol. The second kappa shape index (κ2) is 34.3. The van der Waals surface area contributed by atoms with Gasteiger partial charge in [0.2, 0.25) is 0 Å². The van der Waals surface area contributed by atoms with Gasteiger partial charge in [-0.15, -0.1) is 0 Å². The van der Waals surface area contributed by atoms with Crippen LogP contribution in [0.2, 0.25) is 0 Å². The van der Waals surface area contributed by atoms with Crippen molar-refractivity contribution in [1.29, 1.82) is 0 Å². The van der Waals surface area contributed by atoms with E-state index >= 15 is 0 Å². The smallest absolute Gasteiger partial charge is 0.305 e. The number of rotatable bonds is 33. The Hall–Kier alpha value is -0.690. The first-order valence-corrected chi connectivity index (χ1v) is 16.3. The summed E-state index contributed by atoms with van der Waals surface area (Å²) in [7, 11) is 0. The summed E-state index contributed by atoms with van der Waals surface area (Å²) in [4.78, 5) is 11.4. The van der Waals surface area contributed by atoms with Crippen molar-refractivity contribution < 1.29 is 28.5 Å². The van der Waals surface area contributed by atoms with E-state index in [0.29, 0.717) is 59.3 Å². The Morgan fingerprint density at radius 1 is 0.368 bits per heavy atom. The SMILES string of the molecule is CCCCCCCCCCCCCCCCCCOCCOCCOCCOCCOC(=O)CCCCC. The summed E-state index contributed by atoms with van der Waals surface area (Å²) in [5.41, 5.74) is 0. The maximum Gasteiger partial charge on any atom is 0.305 e. The highest BCUT2D eigenvalue weighted by molar-refractivity contribution is 5.69. The Labute approximate surface area is 236 Å². The van der Waals surface area contributed by atoms with E-state index < -0.39 is 0 Å². The minimum Gasteiger partial charge on any atom is -0.463 e. The fourth-order valence-electron chi connectivity index (χ4n) is 4.32. The van der Waals surface area contributed by atoms with E-state index in [9.17, 15) is 4.79 Å². The van der Waals surface area contributed by atoms with Crippen LogP contribution in [0.15, 0.2) is 0 Å². The number of carbonyl (C=O) groups is 1. The van der Waals surface area contributed by atoms with Crippen molar-refractivity contribution in [3.8, 4) is 0 Å². The molecule has 6 nitrogen and oxygen atoms in total. The normalized spacial score (nSPS) is 11.3. The summed E-state index contributed by atoms with van der Waals surface area (Å²) in [5, 5.41) is 0. The Morgan fingerprint density at radius 2 is 0.684 bits per heavy atom. The Morgan fingerprint density at radius 3 is 1.11 bits per heavy atom. The lowest BCUT2D eigenvalue weighted by molar-refractivity contribution is -0.145. The van der Waals surface area contributed by atoms with Crippen LogP contribution in [0.4, 0.5) is 0 Å². The molecule has 0 spiro atoms. The Balaban J connectivity index is 3.06. The van der Waals surface area contributed by atoms with Crippen molar-refractivity contribution >= 4 is 5.97 Å². The third-order valence-corrected chi connectivity index (χ3v) is 6.73. The van der Waals surface area contributed by atoms with Crippen LogP contribution < -0.4 is 0 Å². The first kappa shape index (κ1) is 37.3. The highest BCUT2D eigenvalue weighted by atomic mass is 16.6. The molecule has 0 aromatic heterocycles. The molecular weight excluding hydrogens is 480 g/mol. The van der Waals surface area contributed by atoms with Crippen molar-refractivity contribution in [3.63, 3.8) is 0 Å². The van der Waals surface area contributed by atoms with Gasteiger partial charge in [0.25, 0.3) is 0 Å². The van der Waals surface area contributed by atoms with E-state index in [2.05, 4.69) is 13.8 Å². The molecule has 0 aliphatic rings. The first-order valence-electron chi connectivity index (χ1n) is 16.3. The number of ether oxygens (including phenoxy) is 5. The standard InChI is InChI=1S/C32H64O6/c1-3-5-7-8-9-10-11-12-13-14-15-16-17-18-19-21-23-34-24-25-35-26-27-36-28-29-37-30-31-38-32(33)22-20-6-4-2/h3-31H2,1-2H3. The van der Waals surface area contributed by atoms with Gasteiger partial charge in [-0.2, -0.15) is 0 Å². The number of hydrogen-bond donors (Lipinski definition) is 0.